The van der Waals surface area contributed by atoms with Gasteiger partial charge in [0.05, 0.1) is 0 Å². The zero-order valence-corrected chi connectivity index (χ0v) is 17.2. The Morgan fingerprint density at radius 1 is 0.636 bits per heavy atom. The lowest BCUT2D eigenvalue weighted by molar-refractivity contribution is 0.110. The van der Waals surface area contributed by atoms with E-state index in [1.54, 1.807) is 0 Å². The quantitative estimate of drug-likeness (QED) is 0.367. The van der Waals surface area contributed by atoms with Crippen LogP contribution in [0.25, 0.3) is 0 Å². The van der Waals surface area contributed by atoms with Crippen molar-refractivity contribution in [1.82, 2.24) is 0 Å². The van der Waals surface area contributed by atoms with Crippen LogP contribution in [0.4, 0.5) is 0 Å². The summed E-state index contributed by atoms with van der Waals surface area (Å²) in [5, 5.41) is 0. The molecule has 7 atom stereocenters. The summed E-state index contributed by atoms with van der Waals surface area (Å²) in [5.74, 6) is 6.03. The molecule has 0 aromatic rings. The molecule has 0 aliphatic carbocycles. The molecule has 0 heteroatoms. The van der Waals surface area contributed by atoms with Gasteiger partial charge in [-0.1, -0.05) is 87.8 Å². The summed E-state index contributed by atoms with van der Waals surface area (Å²) in [4.78, 5) is 0. The van der Waals surface area contributed by atoms with Crippen LogP contribution in [0.5, 0.6) is 0 Å². The third-order valence-electron chi connectivity index (χ3n) is 7.20. The van der Waals surface area contributed by atoms with Gasteiger partial charge in [-0.05, 0) is 53.8 Å². The van der Waals surface area contributed by atoms with Crippen LogP contribution in [0, 0.1) is 47.3 Å². The molecule has 0 aliphatic heterocycles. The molecule has 0 nitrogen and oxygen atoms in total. The molecule has 0 spiro atoms. The van der Waals surface area contributed by atoms with Crippen molar-refractivity contribution in [2.24, 2.45) is 47.3 Å². The highest BCUT2D eigenvalue weighted by atomic mass is 14.4. The van der Waals surface area contributed by atoms with Crippen LogP contribution in [-0.4, -0.2) is 0 Å². The summed E-state index contributed by atoms with van der Waals surface area (Å²) in [6, 6.07) is 0. The first kappa shape index (κ1) is 21.7. The highest BCUT2D eigenvalue weighted by molar-refractivity contribution is 5.01. The van der Waals surface area contributed by atoms with E-state index in [0.29, 0.717) is 5.92 Å². The van der Waals surface area contributed by atoms with E-state index in [4.69, 9.17) is 0 Å². The van der Waals surface area contributed by atoms with E-state index < -0.39 is 0 Å². The van der Waals surface area contributed by atoms with Crippen molar-refractivity contribution in [3.05, 3.63) is 12.2 Å². The van der Waals surface area contributed by atoms with Gasteiger partial charge in [0.1, 0.15) is 0 Å². The highest BCUT2D eigenvalue weighted by Crippen LogP contribution is 2.39. The minimum atomic E-state index is 0.641. The Morgan fingerprint density at radius 2 is 1.00 bits per heavy atom. The molecule has 0 fully saturated rings. The van der Waals surface area contributed by atoms with Gasteiger partial charge >= 0.3 is 0 Å². The predicted molar refractivity (Wildman–Crippen MR) is 103 cm³/mol. The predicted octanol–water partition coefficient (Wildman–Crippen LogP) is 7.45. The van der Waals surface area contributed by atoms with Gasteiger partial charge < -0.3 is 0 Å². The van der Waals surface area contributed by atoms with Gasteiger partial charge in [0.25, 0.3) is 0 Å². The Bertz CT molecular complexity index is 314. The van der Waals surface area contributed by atoms with Gasteiger partial charge in [0, 0.05) is 0 Å². The summed E-state index contributed by atoms with van der Waals surface area (Å²) in [6.45, 7) is 28.5. The zero-order chi connectivity index (χ0) is 17.6. The number of rotatable bonds is 10. The molecule has 0 N–H and O–H groups in total. The van der Waals surface area contributed by atoms with Gasteiger partial charge in [0.2, 0.25) is 0 Å². The van der Waals surface area contributed by atoms with E-state index in [1.807, 2.05) is 0 Å². The fourth-order valence-electron chi connectivity index (χ4n) is 3.90. The lowest BCUT2D eigenvalue weighted by Crippen LogP contribution is -2.32. The average Bonchev–Trinajstić information content (AvgIpc) is 2.49. The fourth-order valence-corrected chi connectivity index (χ4v) is 3.90. The SMILES string of the molecule is C=C(CCC)C(C)C(C)C(C)C(C)C(C)C(C)C(C)C(C)C. The molecule has 7 unspecified atom stereocenters. The number of allylic oxidation sites excluding steroid dienone is 1. The fraction of sp³-hybridized carbons (Fsp3) is 0.909. The molecular formula is C22H44. The van der Waals surface area contributed by atoms with E-state index in [9.17, 15) is 0 Å². The van der Waals surface area contributed by atoms with E-state index in [0.717, 1.165) is 41.4 Å². The van der Waals surface area contributed by atoms with Gasteiger partial charge in [0.15, 0.2) is 0 Å². The second-order valence-electron chi connectivity index (χ2n) is 8.60. The van der Waals surface area contributed by atoms with Crippen LogP contribution in [0.3, 0.4) is 0 Å². The molecular weight excluding hydrogens is 264 g/mol. The lowest BCUT2D eigenvalue weighted by Gasteiger charge is -2.39. The van der Waals surface area contributed by atoms with Crippen molar-refractivity contribution in [1.29, 1.82) is 0 Å². The number of hydrogen-bond acceptors (Lipinski definition) is 0. The Balaban J connectivity index is 4.82. The maximum Gasteiger partial charge on any atom is -0.0206 e. The first-order chi connectivity index (χ1) is 10.1. The highest BCUT2D eigenvalue weighted by Gasteiger charge is 2.32. The first-order valence-electron chi connectivity index (χ1n) is 9.73. The molecule has 0 bridgehead atoms. The van der Waals surface area contributed by atoms with Crippen molar-refractivity contribution in [3.63, 3.8) is 0 Å². The third kappa shape index (κ3) is 5.74. The lowest BCUT2D eigenvalue weighted by atomic mass is 9.66. The standard InChI is InChI=1S/C22H44/c1-12-13-15(4)17(6)19(8)21(10)22(11)20(9)18(7)16(5)14(2)3/h14,16-22H,4,12-13H2,1-3,5-11H3. The van der Waals surface area contributed by atoms with Crippen molar-refractivity contribution in [2.45, 2.75) is 82.1 Å². The van der Waals surface area contributed by atoms with Gasteiger partial charge in [-0.2, -0.15) is 0 Å². The molecule has 0 saturated carbocycles. The van der Waals surface area contributed by atoms with Crippen molar-refractivity contribution >= 4 is 0 Å². The van der Waals surface area contributed by atoms with E-state index in [-0.39, 0.29) is 0 Å². The molecule has 0 heterocycles. The zero-order valence-electron chi connectivity index (χ0n) is 17.2. The molecule has 0 saturated heterocycles. The van der Waals surface area contributed by atoms with E-state index >= 15 is 0 Å². The topological polar surface area (TPSA) is 0 Å². The van der Waals surface area contributed by atoms with Crippen molar-refractivity contribution < 1.29 is 0 Å². The average molecular weight is 309 g/mol. The van der Waals surface area contributed by atoms with Gasteiger partial charge in [-0.3, -0.25) is 0 Å². The van der Waals surface area contributed by atoms with Gasteiger partial charge in [-0.25, -0.2) is 0 Å². The van der Waals surface area contributed by atoms with Crippen LogP contribution >= 0.6 is 0 Å². The Morgan fingerprint density at radius 3 is 1.36 bits per heavy atom. The summed E-state index contributed by atoms with van der Waals surface area (Å²) >= 11 is 0. The molecule has 132 valence electrons. The second-order valence-corrected chi connectivity index (χ2v) is 8.60. The molecule has 0 amide bonds. The third-order valence-corrected chi connectivity index (χ3v) is 7.20. The molecule has 0 aromatic heterocycles. The maximum atomic E-state index is 4.34. The summed E-state index contributed by atoms with van der Waals surface area (Å²) in [7, 11) is 0. The van der Waals surface area contributed by atoms with E-state index in [1.165, 1.54) is 18.4 Å². The second kappa shape index (κ2) is 9.78. The summed E-state index contributed by atoms with van der Waals surface area (Å²) in [5.41, 5.74) is 1.45. The molecule has 0 aliphatic rings. The molecule has 0 radical (unpaired) electrons. The maximum absolute atomic E-state index is 4.34. The van der Waals surface area contributed by atoms with Crippen LogP contribution in [0.1, 0.15) is 82.1 Å². The molecule has 22 heavy (non-hydrogen) atoms. The van der Waals surface area contributed by atoms with Crippen LogP contribution in [-0.2, 0) is 0 Å². The van der Waals surface area contributed by atoms with E-state index in [2.05, 4.69) is 75.8 Å². The smallest absolute Gasteiger partial charge is 0.0206 e. The van der Waals surface area contributed by atoms with Crippen LogP contribution in [0.15, 0.2) is 12.2 Å². The van der Waals surface area contributed by atoms with Crippen molar-refractivity contribution in [2.75, 3.05) is 0 Å². The van der Waals surface area contributed by atoms with Crippen LogP contribution < -0.4 is 0 Å². The minimum absolute atomic E-state index is 0.641. The van der Waals surface area contributed by atoms with Gasteiger partial charge in [-0.15, -0.1) is 0 Å². The Labute approximate surface area is 142 Å². The normalized spacial score (nSPS) is 21.8. The van der Waals surface area contributed by atoms with Crippen molar-refractivity contribution in [3.8, 4) is 0 Å². The summed E-state index contributed by atoms with van der Waals surface area (Å²) < 4.78 is 0. The Hall–Kier alpha value is -0.260. The first-order valence-corrected chi connectivity index (χ1v) is 9.73. The minimum Gasteiger partial charge on any atom is -0.0996 e. The number of hydrogen-bond donors (Lipinski definition) is 0. The Kier molecular flexibility index (Phi) is 9.67. The summed E-state index contributed by atoms with van der Waals surface area (Å²) in [6.07, 6.45) is 2.40. The molecule has 0 aromatic carbocycles. The molecule has 0 rings (SSSR count). The van der Waals surface area contributed by atoms with Crippen LogP contribution in [0.2, 0.25) is 0 Å². The monoisotopic (exact) mass is 308 g/mol. The largest absolute Gasteiger partial charge is 0.0996 e.